The van der Waals surface area contributed by atoms with E-state index in [1.54, 1.807) is 6.20 Å². The molecular formula is C27H35N9O2. The first-order valence-corrected chi connectivity index (χ1v) is 14.0. The molecule has 11 nitrogen and oxygen atoms in total. The molecule has 1 amide bonds. The van der Waals surface area contributed by atoms with E-state index in [4.69, 9.17) is 9.72 Å². The average Bonchev–Trinajstić information content (AvgIpc) is 3.38. The Morgan fingerprint density at radius 3 is 2.55 bits per heavy atom. The van der Waals surface area contributed by atoms with Gasteiger partial charge < -0.3 is 20.3 Å². The maximum atomic E-state index is 12.6. The van der Waals surface area contributed by atoms with Gasteiger partial charge in [-0.2, -0.15) is 4.98 Å². The van der Waals surface area contributed by atoms with Crippen LogP contribution in [0.4, 0.5) is 17.5 Å². The van der Waals surface area contributed by atoms with Crippen molar-refractivity contribution < 1.29 is 9.53 Å². The summed E-state index contributed by atoms with van der Waals surface area (Å²) in [6.45, 7) is 6.52. The second-order valence-electron chi connectivity index (χ2n) is 11.0. The highest BCUT2D eigenvalue weighted by Crippen LogP contribution is 2.39. The highest BCUT2D eigenvalue weighted by Gasteiger charge is 2.42. The van der Waals surface area contributed by atoms with Gasteiger partial charge in [0.1, 0.15) is 11.3 Å². The van der Waals surface area contributed by atoms with E-state index >= 15 is 0 Å². The number of piperidine rings is 1. The third-order valence-electron chi connectivity index (χ3n) is 8.82. The van der Waals surface area contributed by atoms with Gasteiger partial charge in [0.15, 0.2) is 5.65 Å². The fourth-order valence-electron chi connectivity index (χ4n) is 6.74. The molecule has 1 saturated carbocycles. The summed E-state index contributed by atoms with van der Waals surface area (Å²) in [6.07, 6.45) is 11.5. The average molecular weight is 518 g/mol. The van der Waals surface area contributed by atoms with Crippen LogP contribution in [0.5, 0.6) is 0 Å². The van der Waals surface area contributed by atoms with Gasteiger partial charge in [-0.25, -0.2) is 15.0 Å². The van der Waals surface area contributed by atoms with Crippen molar-refractivity contribution in [2.45, 2.75) is 56.5 Å². The first-order chi connectivity index (χ1) is 18.7. The molecule has 11 heteroatoms. The van der Waals surface area contributed by atoms with Crippen molar-refractivity contribution in [1.82, 2.24) is 34.7 Å². The third-order valence-corrected chi connectivity index (χ3v) is 8.82. The number of ether oxygens (including phenoxy) is 1. The van der Waals surface area contributed by atoms with Gasteiger partial charge >= 0.3 is 0 Å². The molecule has 2 saturated heterocycles. The highest BCUT2D eigenvalue weighted by atomic mass is 16.5. The van der Waals surface area contributed by atoms with Gasteiger partial charge in [0.25, 0.3) is 5.91 Å². The number of carbonyl (C=O) groups excluding carboxylic acids is 1. The van der Waals surface area contributed by atoms with Crippen molar-refractivity contribution in [3.8, 4) is 0 Å². The van der Waals surface area contributed by atoms with Crippen LogP contribution in [-0.2, 0) is 10.3 Å². The molecule has 3 aromatic rings. The third kappa shape index (κ3) is 4.27. The van der Waals surface area contributed by atoms with Crippen LogP contribution in [-0.4, -0.2) is 87.3 Å². The molecule has 2 N–H and O–H groups in total. The molecular weight excluding hydrogens is 482 g/mol. The predicted molar refractivity (Wildman–Crippen MR) is 144 cm³/mol. The fourth-order valence-corrected chi connectivity index (χ4v) is 6.74. The Balaban J connectivity index is 1.07. The number of nitrogens with zero attached hydrogens (tertiary/aromatic N) is 7. The molecule has 3 aromatic heterocycles. The number of hydrogen-bond donors (Lipinski definition) is 2. The molecule has 38 heavy (non-hydrogen) atoms. The molecule has 200 valence electrons. The van der Waals surface area contributed by atoms with Gasteiger partial charge in [0.05, 0.1) is 36.8 Å². The zero-order valence-electron chi connectivity index (χ0n) is 21.7. The van der Waals surface area contributed by atoms with Crippen LogP contribution in [0.3, 0.4) is 0 Å². The van der Waals surface area contributed by atoms with Crippen molar-refractivity contribution in [3.63, 3.8) is 0 Å². The summed E-state index contributed by atoms with van der Waals surface area (Å²) in [4.78, 5) is 36.2. The minimum absolute atomic E-state index is 0.139. The van der Waals surface area contributed by atoms with Crippen molar-refractivity contribution in [2.75, 3.05) is 56.2 Å². The summed E-state index contributed by atoms with van der Waals surface area (Å²) in [5, 5.41) is 6.32. The summed E-state index contributed by atoms with van der Waals surface area (Å²) < 4.78 is 7.60. The molecule has 7 rings (SSSR count). The zero-order valence-corrected chi connectivity index (χ0v) is 21.7. The van der Waals surface area contributed by atoms with Gasteiger partial charge in [0, 0.05) is 38.8 Å². The summed E-state index contributed by atoms with van der Waals surface area (Å²) in [5.41, 5.74) is 2.35. The lowest BCUT2D eigenvalue weighted by Gasteiger charge is -2.42. The highest BCUT2D eigenvalue weighted by molar-refractivity contribution is 5.95. The predicted octanol–water partition coefficient (Wildman–Crippen LogP) is 2.67. The smallest absolute Gasteiger partial charge is 0.287 e. The maximum Gasteiger partial charge on any atom is 0.287 e. The Kier molecular flexibility index (Phi) is 6.12. The van der Waals surface area contributed by atoms with Gasteiger partial charge in [-0.15, -0.1) is 0 Å². The van der Waals surface area contributed by atoms with E-state index in [-0.39, 0.29) is 11.4 Å². The summed E-state index contributed by atoms with van der Waals surface area (Å²) in [7, 11) is 0. The number of anilines is 3. The summed E-state index contributed by atoms with van der Waals surface area (Å²) in [5.74, 6) is 1.46. The molecule has 3 fully saturated rings. The van der Waals surface area contributed by atoms with Crippen molar-refractivity contribution >= 4 is 34.5 Å². The quantitative estimate of drug-likeness (QED) is 0.539. The minimum Gasteiger partial charge on any atom is -0.379 e. The summed E-state index contributed by atoms with van der Waals surface area (Å²) >= 11 is 0. The molecule has 1 spiro atoms. The Morgan fingerprint density at radius 2 is 1.79 bits per heavy atom. The number of pyridine rings is 1. The van der Waals surface area contributed by atoms with Gasteiger partial charge in [0.2, 0.25) is 11.8 Å². The number of rotatable bonds is 4. The van der Waals surface area contributed by atoms with E-state index in [1.807, 2.05) is 12.3 Å². The van der Waals surface area contributed by atoms with E-state index in [9.17, 15) is 4.79 Å². The van der Waals surface area contributed by atoms with Crippen LogP contribution in [0, 0.1) is 0 Å². The van der Waals surface area contributed by atoms with Gasteiger partial charge in [-0.1, -0.05) is 19.3 Å². The maximum absolute atomic E-state index is 12.6. The van der Waals surface area contributed by atoms with E-state index in [0.29, 0.717) is 41.3 Å². The zero-order chi connectivity index (χ0) is 25.5. The molecule has 6 heterocycles. The Labute approximate surface area is 222 Å². The van der Waals surface area contributed by atoms with E-state index in [2.05, 4.69) is 46.0 Å². The number of morpholine rings is 1. The second-order valence-corrected chi connectivity index (χ2v) is 11.0. The largest absolute Gasteiger partial charge is 0.379 e. The first-order valence-electron chi connectivity index (χ1n) is 14.0. The Morgan fingerprint density at radius 1 is 0.974 bits per heavy atom. The molecule has 0 bridgehead atoms. The molecule has 1 aliphatic carbocycles. The van der Waals surface area contributed by atoms with Crippen LogP contribution >= 0.6 is 0 Å². The molecule has 0 unspecified atom stereocenters. The van der Waals surface area contributed by atoms with Crippen LogP contribution in [0.15, 0.2) is 24.5 Å². The van der Waals surface area contributed by atoms with Crippen LogP contribution < -0.4 is 15.5 Å². The molecule has 0 radical (unpaired) electrons. The van der Waals surface area contributed by atoms with Gasteiger partial charge in [-0.05, 0) is 37.8 Å². The first kappa shape index (κ1) is 23.8. The SMILES string of the molecule is O=C1NCC2(CCCCC2)n2c1nc1cnc(Nc3ccc(N4CCC(N5CCOCC5)CC4)cn3)nc12. The molecule has 0 atom stereocenters. The van der Waals surface area contributed by atoms with E-state index in [0.717, 1.165) is 70.8 Å². The van der Waals surface area contributed by atoms with E-state index in [1.165, 1.54) is 19.3 Å². The molecule has 3 aliphatic heterocycles. The lowest BCUT2D eigenvalue weighted by Crippen LogP contribution is -2.52. The van der Waals surface area contributed by atoms with Crippen molar-refractivity contribution in [2.24, 2.45) is 0 Å². The number of nitrogens with one attached hydrogen (secondary N) is 2. The van der Waals surface area contributed by atoms with Crippen molar-refractivity contribution in [1.29, 1.82) is 0 Å². The minimum atomic E-state index is -0.156. The lowest BCUT2D eigenvalue weighted by molar-refractivity contribution is 0.0115. The standard InChI is InChI=1S/C27H35N9O2/c37-25-24-31-21-17-29-26(33-23(21)36(24)27(18-30-25)8-2-1-3-9-27)32-22-5-4-20(16-28-22)34-10-6-19(7-11-34)35-12-14-38-15-13-35/h4-5,16-17,19H,1-3,6-15,18H2,(H,30,37)(H,28,29,32,33). The topological polar surface area (TPSA) is 113 Å². The Bertz CT molecular complexity index is 1300. The lowest BCUT2D eigenvalue weighted by atomic mass is 9.80. The number of hydrogen-bond acceptors (Lipinski definition) is 9. The monoisotopic (exact) mass is 517 g/mol. The number of imidazole rings is 1. The number of amides is 1. The number of aromatic nitrogens is 5. The fraction of sp³-hybridized carbons (Fsp3) is 0.593. The molecule has 0 aromatic carbocycles. The van der Waals surface area contributed by atoms with Crippen LogP contribution in [0.25, 0.3) is 11.2 Å². The van der Waals surface area contributed by atoms with Crippen LogP contribution in [0.1, 0.15) is 55.6 Å². The number of carbonyl (C=O) groups is 1. The van der Waals surface area contributed by atoms with Crippen LogP contribution in [0.2, 0.25) is 0 Å². The van der Waals surface area contributed by atoms with Gasteiger partial charge in [-0.3, -0.25) is 14.3 Å². The number of fused-ring (bicyclic) bond motifs is 4. The van der Waals surface area contributed by atoms with E-state index < -0.39 is 0 Å². The molecule has 4 aliphatic rings. The second kappa shape index (κ2) is 9.77. The summed E-state index contributed by atoms with van der Waals surface area (Å²) in [6, 6.07) is 4.76. The Hall–Kier alpha value is -3.31. The van der Waals surface area contributed by atoms with Crippen molar-refractivity contribution in [3.05, 3.63) is 30.4 Å². The normalized spacial score (nSPS) is 22.4.